The van der Waals surface area contributed by atoms with Crippen LogP contribution in [0.1, 0.15) is 24.8 Å². The van der Waals surface area contributed by atoms with Crippen LogP contribution in [0.3, 0.4) is 0 Å². The summed E-state index contributed by atoms with van der Waals surface area (Å²) in [4.78, 5) is 19.2. The fraction of sp³-hybridized carbons (Fsp3) is 0.647. The fourth-order valence-corrected chi connectivity index (χ4v) is 4.66. The van der Waals surface area contributed by atoms with Crippen LogP contribution in [-0.2, 0) is 14.9 Å². The van der Waals surface area contributed by atoms with Crippen LogP contribution in [0.5, 0.6) is 0 Å². The summed E-state index contributed by atoms with van der Waals surface area (Å²) in [6.45, 7) is 7.96. The van der Waals surface area contributed by atoms with E-state index in [1.807, 2.05) is 12.1 Å². The lowest BCUT2D eigenvalue weighted by molar-refractivity contribution is -0.124. The molecular formula is C17H25ClN2O2Si. The van der Waals surface area contributed by atoms with E-state index in [4.69, 9.17) is 16.3 Å². The van der Waals surface area contributed by atoms with E-state index >= 15 is 0 Å². The van der Waals surface area contributed by atoms with Crippen LogP contribution < -0.4 is 4.90 Å². The van der Waals surface area contributed by atoms with E-state index in [-0.39, 0.29) is 11.3 Å². The molecule has 0 bridgehead atoms. The molecule has 2 unspecified atom stereocenters. The van der Waals surface area contributed by atoms with Crippen molar-refractivity contribution in [2.24, 2.45) is 0 Å². The molecule has 1 aliphatic heterocycles. The molecule has 4 nitrogen and oxygen atoms in total. The molecule has 0 saturated heterocycles. The zero-order valence-electron chi connectivity index (χ0n) is 14.1. The summed E-state index contributed by atoms with van der Waals surface area (Å²) < 4.78 is 5.82. The Morgan fingerprint density at radius 3 is 2.91 bits per heavy atom. The molecule has 1 fully saturated rings. The van der Waals surface area contributed by atoms with E-state index in [1.54, 1.807) is 11.1 Å². The molecule has 2 heterocycles. The lowest BCUT2D eigenvalue weighted by Crippen LogP contribution is -2.40. The van der Waals surface area contributed by atoms with Gasteiger partial charge in [-0.3, -0.25) is 9.69 Å². The van der Waals surface area contributed by atoms with Crippen LogP contribution in [0, 0.1) is 0 Å². The second kappa shape index (κ2) is 6.19. The quantitative estimate of drug-likeness (QED) is 0.460. The van der Waals surface area contributed by atoms with Crippen molar-refractivity contribution >= 4 is 31.4 Å². The van der Waals surface area contributed by atoms with Crippen molar-refractivity contribution in [3.8, 4) is 0 Å². The highest BCUT2D eigenvalue weighted by Crippen LogP contribution is 2.51. The first-order valence-corrected chi connectivity index (χ1v) is 12.5. The average Bonchev–Trinajstić information content (AvgIpc) is 2.98. The molecule has 1 aromatic rings. The van der Waals surface area contributed by atoms with Gasteiger partial charge in [-0.25, -0.2) is 4.98 Å². The Bertz CT molecular complexity index is 605. The number of ether oxygens (including phenoxy) is 1. The first-order valence-electron chi connectivity index (χ1n) is 8.33. The molecule has 0 aromatic carbocycles. The first-order chi connectivity index (χ1) is 10.8. The van der Waals surface area contributed by atoms with Crippen LogP contribution in [0.15, 0.2) is 18.3 Å². The summed E-state index contributed by atoms with van der Waals surface area (Å²) in [7, 11) is -1.13. The maximum absolute atomic E-state index is 13.1. The number of aromatic nitrogens is 1. The zero-order chi connectivity index (χ0) is 16.7. The molecule has 3 rings (SSSR count). The van der Waals surface area contributed by atoms with E-state index in [2.05, 4.69) is 24.6 Å². The number of hydrogen-bond acceptors (Lipinski definition) is 3. The highest BCUT2D eigenvalue weighted by molar-refractivity contribution is 6.76. The summed E-state index contributed by atoms with van der Waals surface area (Å²) in [5.41, 5.74) is 0.556. The van der Waals surface area contributed by atoms with Gasteiger partial charge in [-0.15, -0.1) is 11.6 Å². The number of amides is 1. The normalized spacial score (nSPS) is 27.0. The lowest BCUT2D eigenvalue weighted by Gasteiger charge is -2.23. The van der Waals surface area contributed by atoms with E-state index in [0.29, 0.717) is 19.8 Å². The predicted molar refractivity (Wildman–Crippen MR) is 95.9 cm³/mol. The summed E-state index contributed by atoms with van der Waals surface area (Å²) >= 11 is 6.32. The third-order valence-electron chi connectivity index (χ3n) is 4.88. The van der Waals surface area contributed by atoms with E-state index in [1.165, 1.54) is 0 Å². The Hall–Kier alpha value is -0.913. The molecule has 6 heteroatoms. The number of fused-ring (bicyclic) bond motifs is 2. The lowest BCUT2D eigenvalue weighted by atomic mass is 9.81. The minimum Gasteiger partial charge on any atom is -0.361 e. The van der Waals surface area contributed by atoms with Gasteiger partial charge >= 0.3 is 0 Å². The molecule has 1 amide bonds. The van der Waals surface area contributed by atoms with Crippen LogP contribution in [-0.4, -0.2) is 37.7 Å². The number of anilines is 1. The van der Waals surface area contributed by atoms with Gasteiger partial charge in [-0.2, -0.15) is 0 Å². The molecule has 1 saturated carbocycles. The van der Waals surface area contributed by atoms with Crippen molar-refractivity contribution in [2.45, 2.75) is 55.7 Å². The van der Waals surface area contributed by atoms with E-state index < -0.39 is 13.5 Å². The molecule has 23 heavy (non-hydrogen) atoms. The summed E-state index contributed by atoms with van der Waals surface area (Å²) in [6.07, 6.45) is 4.14. The SMILES string of the molecule is C[Si](C)(C)CCOCN1C(=O)C2(CCC(Cl)C2)c2cccnc21. The highest BCUT2D eigenvalue weighted by atomic mass is 35.5. The van der Waals surface area contributed by atoms with Gasteiger partial charge in [-0.05, 0) is 31.4 Å². The predicted octanol–water partition coefficient (Wildman–Crippen LogP) is 3.77. The van der Waals surface area contributed by atoms with Crippen LogP contribution in [0.2, 0.25) is 25.7 Å². The van der Waals surface area contributed by atoms with Gasteiger partial charge in [0.1, 0.15) is 12.5 Å². The van der Waals surface area contributed by atoms with Crippen molar-refractivity contribution in [1.29, 1.82) is 0 Å². The maximum Gasteiger partial charge on any atom is 0.240 e. The Kier molecular flexibility index (Phi) is 4.55. The van der Waals surface area contributed by atoms with Crippen LogP contribution in [0.4, 0.5) is 5.82 Å². The molecule has 1 aliphatic carbocycles. The number of pyridine rings is 1. The number of carbonyl (C=O) groups is 1. The van der Waals surface area contributed by atoms with E-state index in [9.17, 15) is 4.79 Å². The van der Waals surface area contributed by atoms with Crippen molar-refractivity contribution in [3.63, 3.8) is 0 Å². The zero-order valence-corrected chi connectivity index (χ0v) is 15.9. The van der Waals surface area contributed by atoms with Crippen LogP contribution in [0.25, 0.3) is 0 Å². The van der Waals surface area contributed by atoms with Gasteiger partial charge in [0.25, 0.3) is 0 Å². The minimum atomic E-state index is -1.13. The van der Waals surface area contributed by atoms with Gasteiger partial charge in [-0.1, -0.05) is 25.7 Å². The van der Waals surface area contributed by atoms with Gasteiger partial charge < -0.3 is 4.74 Å². The number of nitrogens with zero attached hydrogens (tertiary/aromatic N) is 2. The van der Waals surface area contributed by atoms with Crippen molar-refractivity contribution in [3.05, 3.63) is 23.9 Å². The van der Waals surface area contributed by atoms with Crippen molar-refractivity contribution < 1.29 is 9.53 Å². The van der Waals surface area contributed by atoms with Crippen LogP contribution >= 0.6 is 11.6 Å². The molecular weight excluding hydrogens is 328 g/mol. The van der Waals surface area contributed by atoms with Gasteiger partial charge in [0.15, 0.2) is 0 Å². The smallest absolute Gasteiger partial charge is 0.240 e. The number of hydrogen-bond donors (Lipinski definition) is 0. The Morgan fingerprint density at radius 1 is 1.48 bits per heavy atom. The Balaban J connectivity index is 1.76. The topological polar surface area (TPSA) is 42.4 Å². The fourth-order valence-electron chi connectivity index (χ4n) is 3.53. The van der Waals surface area contributed by atoms with Crippen molar-refractivity contribution in [1.82, 2.24) is 4.98 Å². The number of carbonyl (C=O) groups excluding carboxylic acids is 1. The van der Waals surface area contributed by atoms with Gasteiger partial charge in [0.2, 0.25) is 5.91 Å². The summed E-state index contributed by atoms with van der Waals surface area (Å²) in [5, 5.41) is 0.0692. The van der Waals surface area contributed by atoms with Gasteiger partial charge in [0, 0.05) is 31.8 Å². The Labute approximate surface area is 144 Å². The second-order valence-electron chi connectivity index (χ2n) is 7.88. The Morgan fingerprint density at radius 2 is 2.26 bits per heavy atom. The molecule has 1 spiro atoms. The third-order valence-corrected chi connectivity index (χ3v) is 6.96. The summed E-state index contributed by atoms with van der Waals surface area (Å²) in [6, 6.07) is 5.03. The molecule has 2 atom stereocenters. The molecule has 126 valence electrons. The second-order valence-corrected chi connectivity index (χ2v) is 14.1. The monoisotopic (exact) mass is 352 g/mol. The largest absolute Gasteiger partial charge is 0.361 e. The number of rotatable bonds is 5. The maximum atomic E-state index is 13.1. The standard InChI is InChI=1S/C17H25ClN2O2Si/c1-23(2,3)10-9-22-12-20-15-14(5-4-8-19-15)17(16(20)21)7-6-13(18)11-17/h4-5,8,13H,6-7,9-12H2,1-3H3. The third kappa shape index (κ3) is 3.19. The molecule has 0 N–H and O–H groups in total. The minimum absolute atomic E-state index is 0.0692. The van der Waals surface area contributed by atoms with E-state index in [0.717, 1.165) is 30.3 Å². The van der Waals surface area contributed by atoms with Gasteiger partial charge in [0.05, 0.1) is 5.41 Å². The van der Waals surface area contributed by atoms with Crippen molar-refractivity contribution in [2.75, 3.05) is 18.2 Å². The first kappa shape index (κ1) is 16.9. The average molecular weight is 353 g/mol. The summed E-state index contributed by atoms with van der Waals surface area (Å²) in [5.74, 6) is 0.874. The molecule has 0 radical (unpaired) electrons. The highest BCUT2D eigenvalue weighted by Gasteiger charge is 2.55. The number of halogens is 1. The molecule has 2 aliphatic rings. The molecule has 1 aromatic heterocycles. The number of alkyl halides is 1.